The number of hydrogen-bond donors (Lipinski definition) is 2. The summed E-state index contributed by atoms with van der Waals surface area (Å²) in [6.07, 6.45) is 6.89. The van der Waals surface area contributed by atoms with Crippen LogP contribution < -0.4 is 0 Å². The van der Waals surface area contributed by atoms with Crippen molar-refractivity contribution in [3.8, 4) is 0 Å². The van der Waals surface area contributed by atoms with Crippen LogP contribution in [0.15, 0.2) is 0 Å². The molecule has 1 atom stereocenters. The Labute approximate surface area is 92.1 Å². The van der Waals surface area contributed by atoms with E-state index in [9.17, 15) is 5.11 Å². The molecule has 0 bridgehead atoms. The van der Waals surface area contributed by atoms with Gasteiger partial charge in [0, 0.05) is 19.6 Å². The van der Waals surface area contributed by atoms with E-state index in [1.165, 1.54) is 32.1 Å². The summed E-state index contributed by atoms with van der Waals surface area (Å²) in [6, 6.07) is 0. The molecule has 1 saturated heterocycles. The molecule has 2 rings (SSSR count). The molecule has 1 heterocycles. The zero-order valence-electron chi connectivity index (χ0n) is 9.71. The van der Waals surface area contributed by atoms with Crippen LogP contribution >= 0.6 is 0 Å². The highest BCUT2D eigenvalue weighted by molar-refractivity contribution is 4.98. The molecule has 15 heavy (non-hydrogen) atoms. The average Bonchev–Trinajstić information content (AvgIpc) is 2.17. The van der Waals surface area contributed by atoms with Crippen molar-refractivity contribution < 1.29 is 10.2 Å². The smallest absolute Gasteiger partial charge is 0.0975 e. The number of aliphatic hydroxyl groups is 2. The van der Waals surface area contributed by atoms with Crippen molar-refractivity contribution in [3.05, 3.63) is 0 Å². The largest absolute Gasteiger partial charge is 0.393 e. The van der Waals surface area contributed by atoms with Crippen LogP contribution in [0.2, 0.25) is 0 Å². The maximum absolute atomic E-state index is 9.75. The van der Waals surface area contributed by atoms with E-state index in [2.05, 4.69) is 4.90 Å². The Balaban J connectivity index is 1.77. The molecular formula is C12H23NO2. The van der Waals surface area contributed by atoms with Crippen LogP contribution in [0.5, 0.6) is 0 Å². The fourth-order valence-electron chi connectivity index (χ4n) is 3.16. The molecule has 0 aromatic carbocycles. The predicted octanol–water partition coefficient (Wildman–Crippen LogP) is 0.996. The Bertz CT molecular complexity index is 214. The minimum atomic E-state index is -0.920. The van der Waals surface area contributed by atoms with Crippen molar-refractivity contribution in [1.29, 1.82) is 0 Å². The maximum Gasteiger partial charge on any atom is 0.0975 e. The van der Waals surface area contributed by atoms with Crippen LogP contribution in [0.1, 0.15) is 39.0 Å². The molecule has 0 aromatic rings. The molecule has 2 aliphatic rings. The highest BCUT2D eigenvalue weighted by Gasteiger charge is 2.44. The van der Waals surface area contributed by atoms with Crippen molar-refractivity contribution in [1.82, 2.24) is 4.90 Å². The van der Waals surface area contributed by atoms with Gasteiger partial charge in [0.1, 0.15) is 0 Å². The predicted molar refractivity (Wildman–Crippen MR) is 59.7 cm³/mol. The highest BCUT2D eigenvalue weighted by atomic mass is 16.3. The van der Waals surface area contributed by atoms with Gasteiger partial charge in [-0.05, 0) is 25.2 Å². The topological polar surface area (TPSA) is 43.7 Å². The maximum atomic E-state index is 9.75. The van der Waals surface area contributed by atoms with Gasteiger partial charge in [0.15, 0.2) is 0 Å². The van der Waals surface area contributed by atoms with Gasteiger partial charge in [-0.15, -0.1) is 0 Å². The van der Waals surface area contributed by atoms with E-state index in [0.717, 1.165) is 13.1 Å². The van der Waals surface area contributed by atoms with E-state index in [1.54, 1.807) is 6.92 Å². The zero-order chi connectivity index (χ0) is 10.9. The standard InChI is InChI=1S/C12H23NO2/c1-11(15,10-14)7-13-8-12(9-13)5-3-2-4-6-12/h14-15H,2-10H2,1H3. The van der Waals surface area contributed by atoms with Crippen LogP contribution in [0.3, 0.4) is 0 Å². The Kier molecular flexibility index (Phi) is 3.06. The second kappa shape index (κ2) is 4.04. The first kappa shape index (κ1) is 11.4. The first-order valence-electron chi connectivity index (χ1n) is 6.11. The van der Waals surface area contributed by atoms with Crippen molar-refractivity contribution in [2.75, 3.05) is 26.2 Å². The summed E-state index contributed by atoms with van der Waals surface area (Å²) in [6.45, 7) is 4.44. The van der Waals surface area contributed by atoms with Gasteiger partial charge in [-0.2, -0.15) is 0 Å². The number of hydrogen-bond acceptors (Lipinski definition) is 3. The molecule has 0 radical (unpaired) electrons. The minimum absolute atomic E-state index is 0.142. The lowest BCUT2D eigenvalue weighted by atomic mass is 9.68. The Morgan fingerprint density at radius 2 is 1.80 bits per heavy atom. The quantitative estimate of drug-likeness (QED) is 0.735. The monoisotopic (exact) mass is 213 g/mol. The molecule has 88 valence electrons. The summed E-state index contributed by atoms with van der Waals surface area (Å²) < 4.78 is 0. The normalized spacial score (nSPS) is 29.8. The average molecular weight is 213 g/mol. The van der Waals surface area contributed by atoms with Crippen molar-refractivity contribution in [2.24, 2.45) is 5.41 Å². The second-order valence-electron chi connectivity index (χ2n) is 5.86. The third kappa shape index (κ3) is 2.52. The molecular weight excluding hydrogens is 190 g/mol. The van der Waals surface area contributed by atoms with Gasteiger partial charge in [-0.25, -0.2) is 0 Å². The van der Waals surface area contributed by atoms with E-state index in [-0.39, 0.29) is 6.61 Å². The highest BCUT2D eigenvalue weighted by Crippen LogP contribution is 2.43. The van der Waals surface area contributed by atoms with Gasteiger partial charge in [0.25, 0.3) is 0 Å². The summed E-state index contributed by atoms with van der Waals surface area (Å²) in [5.74, 6) is 0. The number of rotatable bonds is 3. The fraction of sp³-hybridized carbons (Fsp3) is 1.00. The van der Waals surface area contributed by atoms with Crippen LogP contribution in [-0.4, -0.2) is 47.0 Å². The van der Waals surface area contributed by atoms with Gasteiger partial charge in [-0.3, -0.25) is 4.90 Å². The lowest BCUT2D eigenvalue weighted by molar-refractivity contribution is -0.0906. The molecule has 3 heteroatoms. The molecule has 2 N–H and O–H groups in total. The van der Waals surface area contributed by atoms with Gasteiger partial charge in [0.05, 0.1) is 12.2 Å². The molecule has 0 aromatic heterocycles. The van der Waals surface area contributed by atoms with Gasteiger partial charge >= 0.3 is 0 Å². The molecule has 1 spiro atoms. The van der Waals surface area contributed by atoms with Crippen molar-refractivity contribution in [3.63, 3.8) is 0 Å². The van der Waals surface area contributed by atoms with Gasteiger partial charge in [-0.1, -0.05) is 19.3 Å². The van der Waals surface area contributed by atoms with E-state index >= 15 is 0 Å². The first-order chi connectivity index (χ1) is 7.05. The molecule has 1 unspecified atom stereocenters. The lowest BCUT2D eigenvalue weighted by Crippen LogP contribution is -2.60. The summed E-state index contributed by atoms with van der Waals surface area (Å²) in [5, 5.41) is 18.7. The van der Waals surface area contributed by atoms with Gasteiger partial charge < -0.3 is 10.2 Å². The third-order valence-electron chi connectivity index (χ3n) is 3.94. The third-order valence-corrected chi connectivity index (χ3v) is 3.94. The second-order valence-corrected chi connectivity index (χ2v) is 5.86. The minimum Gasteiger partial charge on any atom is -0.393 e. The number of β-amino-alcohol motifs (C(OH)–C–C–N with tert-alkyl or cyclic N) is 1. The Morgan fingerprint density at radius 1 is 1.20 bits per heavy atom. The fourth-order valence-corrected chi connectivity index (χ4v) is 3.16. The molecule has 2 fully saturated rings. The molecule has 1 aliphatic heterocycles. The summed E-state index contributed by atoms with van der Waals surface area (Å²) in [5.41, 5.74) is -0.347. The van der Waals surface area contributed by atoms with E-state index in [1.807, 2.05) is 0 Å². The van der Waals surface area contributed by atoms with Crippen molar-refractivity contribution >= 4 is 0 Å². The summed E-state index contributed by atoms with van der Waals surface area (Å²) >= 11 is 0. The summed E-state index contributed by atoms with van der Waals surface area (Å²) in [7, 11) is 0. The van der Waals surface area contributed by atoms with E-state index in [0.29, 0.717) is 12.0 Å². The molecule has 1 saturated carbocycles. The lowest BCUT2D eigenvalue weighted by Gasteiger charge is -2.54. The van der Waals surface area contributed by atoms with Crippen LogP contribution in [0.25, 0.3) is 0 Å². The Morgan fingerprint density at radius 3 is 2.33 bits per heavy atom. The Hall–Kier alpha value is -0.120. The molecule has 1 aliphatic carbocycles. The van der Waals surface area contributed by atoms with Crippen LogP contribution in [0, 0.1) is 5.41 Å². The van der Waals surface area contributed by atoms with Crippen LogP contribution in [-0.2, 0) is 0 Å². The first-order valence-corrected chi connectivity index (χ1v) is 6.11. The van der Waals surface area contributed by atoms with Gasteiger partial charge in [0.2, 0.25) is 0 Å². The van der Waals surface area contributed by atoms with Crippen molar-refractivity contribution in [2.45, 2.75) is 44.6 Å². The zero-order valence-corrected chi connectivity index (χ0v) is 9.71. The molecule has 3 nitrogen and oxygen atoms in total. The number of likely N-dealkylation sites (tertiary alicyclic amines) is 1. The number of nitrogens with zero attached hydrogens (tertiary/aromatic N) is 1. The van der Waals surface area contributed by atoms with E-state index < -0.39 is 5.60 Å². The van der Waals surface area contributed by atoms with E-state index in [4.69, 9.17) is 5.11 Å². The number of aliphatic hydroxyl groups excluding tert-OH is 1. The molecule has 0 amide bonds. The summed E-state index contributed by atoms with van der Waals surface area (Å²) in [4.78, 5) is 2.28. The SMILES string of the molecule is CC(O)(CO)CN1CC2(CCCCC2)C1. The van der Waals surface area contributed by atoms with Crippen LogP contribution in [0.4, 0.5) is 0 Å².